The zero-order valence-corrected chi connectivity index (χ0v) is 7.65. The van der Waals surface area contributed by atoms with Gasteiger partial charge in [-0.15, -0.1) is 0 Å². The van der Waals surface area contributed by atoms with Gasteiger partial charge in [0, 0.05) is 13.1 Å². The molecule has 0 saturated heterocycles. The molecule has 0 radical (unpaired) electrons. The zero-order valence-electron chi connectivity index (χ0n) is 7.65. The van der Waals surface area contributed by atoms with Crippen molar-refractivity contribution in [2.75, 3.05) is 13.1 Å². The van der Waals surface area contributed by atoms with Crippen LogP contribution in [0.25, 0.3) is 0 Å². The van der Waals surface area contributed by atoms with Crippen molar-refractivity contribution >= 4 is 0 Å². The third-order valence-corrected chi connectivity index (χ3v) is 2.21. The predicted octanol–water partition coefficient (Wildman–Crippen LogP) is 2.12. The van der Waals surface area contributed by atoms with Crippen LogP contribution in [0.4, 0.5) is 0 Å². The van der Waals surface area contributed by atoms with Crippen LogP contribution in [-0.2, 0) is 0 Å². The first kappa shape index (κ1) is 8.54. The molecule has 1 atom stereocenters. The molecule has 1 aliphatic rings. The molecule has 0 bridgehead atoms. The highest BCUT2D eigenvalue weighted by Crippen LogP contribution is 2.19. The van der Waals surface area contributed by atoms with Crippen LogP contribution in [0, 0.1) is 5.92 Å². The Bertz CT molecular complexity index is 189. The molecule has 0 aromatic rings. The van der Waals surface area contributed by atoms with Crippen molar-refractivity contribution in [3.8, 4) is 0 Å². The van der Waals surface area contributed by atoms with Crippen molar-refractivity contribution < 1.29 is 0 Å². The van der Waals surface area contributed by atoms with Gasteiger partial charge in [-0.25, -0.2) is 0 Å². The Kier molecular flexibility index (Phi) is 2.89. The fourth-order valence-electron chi connectivity index (χ4n) is 1.59. The second-order valence-corrected chi connectivity index (χ2v) is 3.27. The van der Waals surface area contributed by atoms with Crippen LogP contribution in [-0.4, -0.2) is 13.1 Å². The maximum absolute atomic E-state index is 3.38. The highest BCUT2D eigenvalue weighted by Gasteiger charge is 2.13. The van der Waals surface area contributed by atoms with Gasteiger partial charge in [-0.2, -0.15) is 0 Å². The number of hydrogen-bond donors (Lipinski definition) is 1. The molecule has 1 unspecified atom stereocenters. The Morgan fingerprint density at radius 2 is 2.27 bits per heavy atom. The van der Waals surface area contributed by atoms with Crippen molar-refractivity contribution in [2.24, 2.45) is 5.92 Å². The van der Waals surface area contributed by atoms with E-state index in [0.717, 1.165) is 13.1 Å². The highest BCUT2D eigenvalue weighted by atomic mass is 14.9. The summed E-state index contributed by atoms with van der Waals surface area (Å²) in [4.78, 5) is 0. The Hall–Kier alpha value is -0.560. The van der Waals surface area contributed by atoms with Crippen LogP contribution in [0.2, 0.25) is 0 Å². The van der Waals surface area contributed by atoms with Gasteiger partial charge < -0.3 is 5.32 Å². The van der Waals surface area contributed by atoms with Crippen LogP contribution in [0.1, 0.15) is 20.8 Å². The summed E-state index contributed by atoms with van der Waals surface area (Å²) in [5.74, 6) is 0.681. The summed E-state index contributed by atoms with van der Waals surface area (Å²) in [6, 6.07) is 0. The van der Waals surface area contributed by atoms with E-state index in [2.05, 4.69) is 38.2 Å². The van der Waals surface area contributed by atoms with Gasteiger partial charge in [-0.3, -0.25) is 0 Å². The average Bonchev–Trinajstić information content (AvgIpc) is 1.97. The second-order valence-electron chi connectivity index (χ2n) is 3.27. The third kappa shape index (κ3) is 1.93. The van der Waals surface area contributed by atoms with E-state index in [1.54, 1.807) is 0 Å². The summed E-state index contributed by atoms with van der Waals surface area (Å²) in [6.45, 7) is 8.74. The number of nitrogens with one attached hydrogen (secondary N) is 1. The van der Waals surface area contributed by atoms with Crippen molar-refractivity contribution in [3.63, 3.8) is 0 Å². The Labute approximate surface area is 69.2 Å². The lowest BCUT2D eigenvalue weighted by atomic mass is 9.93. The SMILES string of the molecule is C/C=C\C1=C(C)CNCC1C. The molecule has 0 aliphatic carbocycles. The van der Waals surface area contributed by atoms with E-state index in [1.807, 2.05) is 0 Å². The van der Waals surface area contributed by atoms with E-state index in [-0.39, 0.29) is 0 Å². The maximum Gasteiger partial charge on any atom is 0.0168 e. The second kappa shape index (κ2) is 3.72. The summed E-state index contributed by atoms with van der Waals surface area (Å²) >= 11 is 0. The minimum Gasteiger partial charge on any atom is -0.312 e. The molecule has 11 heavy (non-hydrogen) atoms. The van der Waals surface area contributed by atoms with Gasteiger partial charge in [0.2, 0.25) is 0 Å². The summed E-state index contributed by atoms with van der Waals surface area (Å²) < 4.78 is 0. The van der Waals surface area contributed by atoms with E-state index in [4.69, 9.17) is 0 Å². The summed E-state index contributed by atoms with van der Waals surface area (Å²) in [7, 11) is 0. The third-order valence-electron chi connectivity index (χ3n) is 2.21. The molecule has 1 nitrogen and oxygen atoms in total. The molecule has 0 spiro atoms. The lowest BCUT2D eigenvalue weighted by Gasteiger charge is -2.23. The molecule has 0 fully saturated rings. The van der Waals surface area contributed by atoms with Gasteiger partial charge >= 0.3 is 0 Å². The first-order chi connectivity index (χ1) is 5.25. The largest absolute Gasteiger partial charge is 0.312 e. The fraction of sp³-hybridized carbons (Fsp3) is 0.600. The van der Waals surface area contributed by atoms with E-state index in [0.29, 0.717) is 5.92 Å². The molecule has 62 valence electrons. The van der Waals surface area contributed by atoms with Gasteiger partial charge in [0.05, 0.1) is 0 Å². The Morgan fingerprint density at radius 1 is 1.55 bits per heavy atom. The minimum absolute atomic E-state index is 0.681. The molecule has 0 amide bonds. The molecular weight excluding hydrogens is 134 g/mol. The van der Waals surface area contributed by atoms with Crippen LogP contribution in [0.5, 0.6) is 0 Å². The average molecular weight is 151 g/mol. The summed E-state index contributed by atoms with van der Waals surface area (Å²) in [5.41, 5.74) is 3.01. The van der Waals surface area contributed by atoms with E-state index >= 15 is 0 Å². The lowest BCUT2D eigenvalue weighted by molar-refractivity contribution is 0.562. The Balaban J connectivity index is 2.82. The maximum atomic E-state index is 3.38. The molecule has 1 aliphatic heterocycles. The smallest absolute Gasteiger partial charge is 0.0168 e. The number of hydrogen-bond acceptors (Lipinski definition) is 1. The molecule has 1 heterocycles. The minimum atomic E-state index is 0.681. The van der Waals surface area contributed by atoms with Gasteiger partial charge in [0.15, 0.2) is 0 Å². The van der Waals surface area contributed by atoms with Gasteiger partial charge in [0.1, 0.15) is 0 Å². The Morgan fingerprint density at radius 3 is 2.82 bits per heavy atom. The van der Waals surface area contributed by atoms with Gasteiger partial charge in [0.25, 0.3) is 0 Å². The predicted molar refractivity (Wildman–Crippen MR) is 49.5 cm³/mol. The quantitative estimate of drug-likeness (QED) is 0.605. The monoisotopic (exact) mass is 151 g/mol. The van der Waals surface area contributed by atoms with Gasteiger partial charge in [-0.1, -0.05) is 24.6 Å². The van der Waals surface area contributed by atoms with E-state index < -0.39 is 0 Å². The highest BCUT2D eigenvalue weighted by molar-refractivity contribution is 5.29. The molecular formula is C10H17N. The molecule has 1 heteroatoms. The van der Waals surface area contributed by atoms with Crippen molar-refractivity contribution in [1.29, 1.82) is 0 Å². The molecule has 0 aromatic carbocycles. The van der Waals surface area contributed by atoms with Crippen LogP contribution in [0.3, 0.4) is 0 Å². The normalized spacial score (nSPS) is 26.6. The molecule has 1 N–H and O–H groups in total. The van der Waals surface area contributed by atoms with E-state index in [9.17, 15) is 0 Å². The van der Waals surface area contributed by atoms with Crippen LogP contribution < -0.4 is 5.32 Å². The topological polar surface area (TPSA) is 12.0 Å². The first-order valence-electron chi connectivity index (χ1n) is 4.28. The van der Waals surface area contributed by atoms with Crippen molar-refractivity contribution in [3.05, 3.63) is 23.3 Å². The summed E-state index contributed by atoms with van der Waals surface area (Å²) in [6.07, 6.45) is 4.36. The van der Waals surface area contributed by atoms with Crippen LogP contribution in [0.15, 0.2) is 23.3 Å². The number of allylic oxidation sites excluding steroid dienone is 2. The zero-order chi connectivity index (χ0) is 8.27. The first-order valence-corrected chi connectivity index (χ1v) is 4.28. The van der Waals surface area contributed by atoms with Crippen molar-refractivity contribution in [1.82, 2.24) is 5.32 Å². The van der Waals surface area contributed by atoms with E-state index in [1.165, 1.54) is 11.1 Å². The molecule has 1 rings (SSSR count). The number of rotatable bonds is 1. The van der Waals surface area contributed by atoms with Crippen LogP contribution >= 0.6 is 0 Å². The fourth-order valence-corrected chi connectivity index (χ4v) is 1.59. The standard InChI is InChI=1S/C10H17N/c1-4-5-10-8(2)6-11-7-9(10)3/h4-5,8,11H,6-7H2,1-3H3/b5-4-. The molecule has 0 aromatic heterocycles. The molecule has 0 saturated carbocycles. The van der Waals surface area contributed by atoms with Crippen molar-refractivity contribution in [2.45, 2.75) is 20.8 Å². The summed E-state index contributed by atoms with van der Waals surface area (Å²) in [5, 5.41) is 3.38. The lowest BCUT2D eigenvalue weighted by Crippen LogP contribution is -2.29. The van der Waals surface area contributed by atoms with Gasteiger partial charge in [-0.05, 0) is 25.3 Å².